The summed E-state index contributed by atoms with van der Waals surface area (Å²) >= 11 is 0. The van der Waals surface area contributed by atoms with Gasteiger partial charge in [0.1, 0.15) is 6.61 Å². The average Bonchev–Trinajstić information content (AvgIpc) is 3.19. The lowest BCUT2D eigenvalue weighted by Gasteiger charge is -2.31. The first-order chi connectivity index (χ1) is 28.6. The van der Waals surface area contributed by atoms with Gasteiger partial charge in [0.05, 0.1) is 34.4 Å². The summed E-state index contributed by atoms with van der Waals surface area (Å²) in [5.74, 6) is -1.50. The Hall–Kier alpha value is -2.45. The summed E-state index contributed by atoms with van der Waals surface area (Å²) in [6, 6.07) is -0.619. The minimum absolute atomic E-state index is 0.0504. The van der Waals surface area contributed by atoms with Gasteiger partial charge in [-0.05, 0) is 64.2 Å². The molecule has 0 aliphatic rings. The highest BCUT2D eigenvalue weighted by atomic mass is 16.6. The fourth-order valence-corrected chi connectivity index (χ4v) is 7.20. The van der Waals surface area contributed by atoms with E-state index in [1.54, 1.807) is 0 Å². The molecule has 59 heavy (non-hydrogen) atoms. The molecule has 0 aromatic heterocycles. The number of nitrogens with zero attached hydrogens (tertiary/aromatic N) is 1. The van der Waals surface area contributed by atoms with E-state index in [4.69, 9.17) is 14.2 Å². The van der Waals surface area contributed by atoms with Crippen LogP contribution in [0.25, 0.3) is 0 Å². The smallest absolute Gasteiger partial charge is 0.362 e. The van der Waals surface area contributed by atoms with Crippen LogP contribution in [0.3, 0.4) is 0 Å². The molecule has 0 saturated carbocycles. The Balaban J connectivity index is 4.31. The van der Waals surface area contributed by atoms with Crippen LogP contribution in [-0.2, 0) is 28.6 Å². The highest BCUT2D eigenvalue weighted by Crippen LogP contribution is 2.14. The van der Waals surface area contributed by atoms with E-state index in [1.807, 2.05) is 21.1 Å². The summed E-state index contributed by atoms with van der Waals surface area (Å²) in [5, 5.41) is 9.64. The van der Waals surface area contributed by atoms with Gasteiger partial charge in [-0.25, -0.2) is 4.79 Å². The van der Waals surface area contributed by atoms with Crippen molar-refractivity contribution in [1.82, 2.24) is 0 Å². The van der Waals surface area contributed by atoms with E-state index >= 15 is 0 Å². The quantitative estimate of drug-likeness (QED) is 0.0215. The van der Waals surface area contributed by atoms with Crippen molar-refractivity contribution in [2.24, 2.45) is 0 Å². The molecule has 0 aliphatic heterocycles. The summed E-state index contributed by atoms with van der Waals surface area (Å²) < 4.78 is 17.3. The number of rotatable bonds is 44. The molecule has 344 valence electrons. The summed E-state index contributed by atoms with van der Waals surface area (Å²) in [6.07, 6.45) is 49.0. The number of hydrogen-bond acceptors (Lipinski definition) is 6. The fraction of sp³-hybridized carbons (Fsp3) is 0.824. The van der Waals surface area contributed by atoms with Crippen molar-refractivity contribution >= 4 is 17.9 Å². The molecule has 0 rings (SSSR count). The van der Waals surface area contributed by atoms with Crippen molar-refractivity contribution in [3.05, 3.63) is 36.5 Å². The van der Waals surface area contributed by atoms with Gasteiger partial charge in [-0.3, -0.25) is 9.59 Å². The Kier molecular flexibility index (Phi) is 40.5. The molecule has 0 aromatic carbocycles. The van der Waals surface area contributed by atoms with Crippen LogP contribution in [0.1, 0.15) is 219 Å². The van der Waals surface area contributed by atoms with Crippen molar-refractivity contribution in [2.75, 3.05) is 41.0 Å². The number of quaternary nitrogens is 1. The molecule has 0 fully saturated rings. The molecule has 0 radical (unpaired) electrons. The van der Waals surface area contributed by atoms with Gasteiger partial charge in [0.25, 0.3) is 0 Å². The van der Waals surface area contributed by atoms with E-state index in [9.17, 15) is 19.5 Å². The number of carbonyl (C=O) groups is 3. The van der Waals surface area contributed by atoms with Crippen LogP contribution >= 0.6 is 0 Å². The molecule has 0 aromatic rings. The van der Waals surface area contributed by atoms with Crippen LogP contribution in [0, 0.1) is 0 Å². The zero-order valence-corrected chi connectivity index (χ0v) is 39.2. The van der Waals surface area contributed by atoms with Crippen molar-refractivity contribution in [3.8, 4) is 0 Å². The van der Waals surface area contributed by atoms with Crippen molar-refractivity contribution < 1.29 is 38.2 Å². The molecule has 0 heterocycles. The number of allylic oxidation sites excluding steroid dienone is 6. The summed E-state index contributed by atoms with van der Waals surface area (Å²) in [7, 11) is 5.52. The van der Waals surface area contributed by atoms with E-state index in [0.717, 1.165) is 51.4 Å². The minimum Gasteiger partial charge on any atom is -0.477 e. The third kappa shape index (κ3) is 40.7. The lowest BCUT2D eigenvalue weighted by Crippen LogP contribution is -2.50. The number of carbonyl (C=O) groups excluding carboxylic acids is 2. The van der Waals surface area contributed by atoms with E-state index in [-0.39, 0.29) is 36.2 Å². The predicted molar refractivity (Wildman–Crippen MR) is 248 cm³/mol. The zero-order valence-electron chi connectivity index (χ0n) is 39.2. The second-order valence-corrected chi connectivity index (χ2v) is 17.7. The molecule has 2 atom stereocenters. The second kappa shape index (κ2) is 42.2. The Labute approximate surface area is 364 Å². The average molecular weight is 833 g/mol. The molecule has 1 N–H and O–H groups in total. The lowest BCUT2D eigenvalue weighted by atomic mass is 10.1. The first kappa shape index (κ1) is 56.5. The highest BCUT2D eigenvalue weighted by molar-refractivity contribution is 5.72. The maximum atomic E-state index is 12.7. The number of carboxylic acid groups (broad SMARTS) is 1. The topological polar surface area (TPSA) is 99.1 Å². The van der Waals surface area contributed by atoms with Gasteiger partial charge in [-0.1, -0.05) is 172 Å². The van der Waals surface area contributed by atoms with Gasteiger partial charge in [-0.15, -0.1) is 0 Å². The predicted octanol–water partition coefficient (Wildman–Crippen LogP) is 13.8. The van der Waals surface area contributed by atoms with Crippen LogP contribution in [0.2, 0.25) is 0 Å². The summed E-state index contributed by atoms with van der Waals surface area (Å²) in [5.41, 5.74) is 0. The van der Waals surface area contributed by atoms with Gasteiger partial charge < -0.3 is 23.8 Å². The Morgan fingerprint density at radius 3 is 1.34 bits per heavy atom. The summed E-state index contributed by atoms with van der Waals surface area (Å²) in [6.45, 7) is 4.72. The zero-order chi connectivity index (χ0) is 43.5. The SMILES string of the molecule is CCCCCCCCC/C=C/C=C/CCCCCC(=O)OC(COCCC(C(=O)O)[N+](C)(C)C)COC(=O)CCCCCCCCC/C=C/CCCCCCCCCC. The Morgan fingerprint density at radius 2 is 0.898 bits per heavy atom. The Bertz CT molecular complexity index is 1060. The number of ether oxygens (including phenoxy) is 3. The number of hydrogen-bond donors (Lipinski definition) is 1. The maximum Gasteiger partial charge on any atom is 0.362 e. The largest absolute Gasteiger partial charge is 0.477 e. The van der Waals surface area contributed by atoms with Crippen molar-refractivity contribution in [3.63, 3.8) is 0 Å². The minimum atomic E-state index is -0.879. The van der Waals surface area contributed by atoms with Crippen molar-refractivity contribution in [1.29, 1.82) is 0 Å². The maximum absolute atomic E-state index is 12.7. The molecule has 0 aliphatic carbocycles. The highest BCUT2D eigenvalue weighted by Gasteiger charge is 2.31. The molecular weight excluding hydrogens is 739 g/mol. The monoisotopic (exact) mass is 833 g/mol. The number of esters is 2. The molecular formula is C51H94NO7+. The first-order valence-corrected chi connectivity index (χ1v) is 24.5. The van der Waals surface area contributed by atoms with E-state index in [0.29, 0.717) is 19.3 Å². The van der Waals surface area contributed by atoms with Crippen LogP contribution in [0.5, 0.6) is 0 Å². The third-order valence-electron chi connectivity index (χ3n) is 11.0. The second-order valence-electron chi connectivity index (χ2n) is 17.7. The molecule has 8 heteroatoms. The van der Waals surface area contributed by atoms with Gasteiger partial charge in [0.2, 0.25) is 0 Å². The normalized spacial score (nSPS) is 13.2. The summed E-state index contributed by atoms with van der Waals surface area (Å²) in [4.78, 5) is 37.1. The molecule has 0 spiro atoms. The molecule has 2 unspecified atom stereocenters. The number of aliphatic carboxylic acids is 1. The van der Waals surface area contributed by atoms with Gasteiger partial charge in [-0.2, -0.15) is 0 Å². The number of unbranched alkanes of at least 4 members (excludes halogenated alkanes) is 25. The molecule has 0 saturated heterocycles. The van der Waals surface area contributed by atoms with Gasteiger partial charge in [0.15, 0.2) is 12.1 Å². The van der Waals surface area contributed by atoms with Gasteiger partial charge >= 0.3 is 17.9 Å². The Morgan fingerprint density at radius 1 is 0.508 bits per heavy atom. The van der Waals surface area contributed by atoms with Crippen LogP contribution in [0.15, 0.2) is 36.5 Å². The van der Waals surface area contributed by atoms with E-state index in [1.165, 1.54) is 135 Å². The van der Waals surface area contributed by atoms with Gasteiger partial charge in [0, 0.05) is 19.3 Å². The third-order valence-corrected chi connectivity index (χ3v) is 11.0. The molecule has 0 amide bonds. The molecule has 8 nitrogen and oxygen atoms in total. The van der Waals surface area contributed by atoms with E-state index < -0.39 is 18.1 Å². The fourth-order valence-electron chi connectivity index (χ4n) is 7.20. The number of likely N-dealkylation sites (N-methyl/N-ethyl adjacent to an activating group) is 1. The van der Waals surface area contributed by atoms with Crippen LogP contribution in [0.4, 0.5) is 0 Å². The van der Waals surface area contributed by atoms with Crippen LogP contribution in [-0.4, -0.2) is 80.6 Å². The molecule has 0 bridgehead atoms. The first-order valence-electron chi connectivity index (χ1n) is 24.5. The standard InChI is InChI=1S/C51H93NO7/c1-6-8-10-12-14-16-18-20-22-24-25-26-28-29-31-33-35-37-39-41-49(53)58-46-47(45-57-44-43-48(51(55)56)52(3,4)5)59-50(54)42-40-38-36-34-32-30-27-23-21-19-17-15-13-11-9-7-2/h23-25,27,30,32,47-48H,6-22,26,28-29,31,33-46H2,1-5H3/p+1/b25-24+,27-23+,32-30+. The van der Waals surface area contributed by atoms with Crippen LogP contribution < -0.4 is 0 Å². The van der Waals surface area contributed by atoms with E-state index in [2.05, 4.69) is 50.3 Å². The van der Waals surface area contributed by atoms with Crippen molar-refractivity contribution in [2.45, 2.75) is 231 Å². The number of carboxylic acids is 1. The lowest BCUT2D eigenvalue weighted by molar-refractivity contribution is -0.887.